The predicted octanol–water partition coefficient (Wildman–Crippen LogP) is 1.51. The first kappa shape index (κ1) is 13.8. The molecule has 8 heteroatoms. The summed E-state index contributed by atoms with van der Waals surface area (Å²) >= 11 is 0. The number of halogens is 2. The number of nitriles is 1. The number of aliphatic hydroxyl groups excluding tert-OH is 1. The van der Waals surface area contributed by atoms with Gasteiger partial charge in [-0.25, -0.2) is 8.78 Å². The maximum absolute atomic E-state index is 12.8. The molecule has 1 aromatic rings. The number of nitro groups is 1. The fourth-order valence-corrected chi connectivity index (χ4v) is 1.17. The number of aliphatic hydroxyl groups is 1. The van der Waals surface area contributed by atoms with Crippen molar-refractivity contribution in [1.82, 2.24) is 0 Å². The van der Waals surface area contributed by atoms with E-state index in [1.807, 2.05) is 0 Å². The summed E-state index contributed by atoms with van der Waals surface area (Å²) < 4.78 is 25.6. The molecule has 0 heterocycles. The van der Waals surface area contributed by atoms with Crippen molar-refractivity contribution in [3.05, 3.63) is 33.9 Å². The Kier molecular flexibility index (Phi) is 4.12. The first-order valence-corrected chi connectivity index (χ1v) is 4.81. The van der Waals surface area contributed by atoms with Crippen molar-refractivity contribution in [3.63, 3.8) is 0 Å². The summed E-state index contributed by atoms with van der Waals surface area (Å²) in [6, 6.07) is 4.92. The summed E-state index contributed by atoms with van der Waals surface area (Å²) in [6.45, 7) is -2.19. The zero-order valence-electron chi connectivity index (χ0n) is 9.06. The van der Waals surface area contributed by atoms with Crippen LogP contribution in [-0.4, -0.2) is 29.1 Å². The standard InChI is InChI=1S/C10H9F2N3O3/c11-10(12,6-16)5-14-9-2-1-8(15(17)18)3-7(9)4-13/h1-3,14,16H,5-6H2. The number of hydrogen-bond acceptors (Lipinski definition) is 5. The van der Waals surface area contributed by atoms with Crippen LogP contribution in [0.4, 0.5) is 20.2 Å². The number of benzene rings is 1. The van der Waals surface area contributed by atoms with E-state index in [9.17, 15) is 18.9 Å². The van der Waals surface area contributed by atoms with Crippen LogP contribution in [0.5, 0.6) is 0 Å². The van der Waals surface area contributed by atoms with Crippen LogP contribution in [0.25, 0.3) is 0 Å². The van der Waals surface area contributed by atoms with Gasteiger partial charge in [-0.05, 0) is 6.07 Å². The summed E-state index contributed by atoms with van der Waals surface area (Å²) in [7, 11) is 0. The zero-order chi connectivity index (χ0) is 13.8. The summed E-state index contributed by atoms with van der Waals surface area (Å²) in [4.78, 5) is 9.78. The van der Waals surface area contributed by atoms with Crippen LogP contribution in [0.3, 0.4) is 0 Å². The van der Waals surface area contributed by atoms with Crippen molar-refractivity contribution in [2.45, 2.75) is 5.92 Å². The van der Waals surface area contributed by atoms with E-state index in [0.29, 0.717) is 0 Å². The molecular weight excluding hydrogens is 248 g/mol. The highest BCUT2D eigenvalue weighted by molar-refractivity contribution is 5.61. The third kappa shape index (κ3) is 3.36. The average molecular weight is 257 g/mol. The molecule has 0 aliphatic carbocycles. The fourth-order valence-electron chi connectivity index (χ4n) is 1.17. The van der Waals surface area contributed by atoms with Crippen molar-refractivity contribution in [1.29, 1.82) is 5.26 Å². The minimum atomic E-state index is -3.32. The Morgan fingerprint density at radius 2 is 2.22 bits per heavy atom. The third-order valence-electron chi connectivity index (χ3n) is 2.10. The molecule has 0 aromatic heterocycles. The fraction of sp³-hybridized carbons (Fsp3) is 0.300. The SMILES string of the molecule is N#Cc1cc([N+](=O)[O-])ccc1NCC(F)(F)CO. The highest BCUT2D eigenvalue weighted by Gasteiger charge is 2.27. The van der Waals surface area contributed by atoms with Crippen LogP contribution in [0.1, 0.15) is 5.56 Å². The lowest BCUT2D eigenvalue weighted by Crippen LogP contribution is -2.31. The van der Waals surface area contributed by atoms with Gasteiger partial charge in [0.1, 0.15) is 12.7 Å². The Bertz CT molecular complexity index is 500. The normalized spacial score (nSPS) is 10.8. The van der Waals surface area contributed by atoms with Crippen LogP contribution in [0.15, 0.2) is 18.2 Å². The van der Waals surface area contributed by atoms with E-state index in [4.69, 9.17) is 10.4 Å². The number of nitrogens with zero attached hydrogens (tertiary/aromatic N) is 2. The molecule has 0 unspecified atom stereocenters. The molecule has 0 amide bonds. The van der Waals surface area contributed by atoms with Gasteiger partial charge in [0.2, 0.25) is 0 Å². The van der Waals surface area contributed by atoms with Gasteiger partial charge in [-0.3, -0.25) is 10.1 Å². The van der Waals surface area contributed by atoms with E-state index in [-0.39, 0.29) is 16.9 Å². The van der Waals surface area contributed by atoms with Crippen molar-refractivity contribution in [2.75, 3.05) is 18.5 Å². The van der Waals surface area contributed by atoms with Gasteiger partial charge < -0.3 is 10.4 Å². The maximum atomic E-state index is 12.8. The Morgan fingerprint density at radius 1 is 1.56 bits per heavy atom. The van der Waals surface area contributed by atoms with Gasteiger partial charge >= 0.3 is 0 Å². The van der Waals surface area contributed by atoms with E-state index in [1.54, 1.807) is 6.07 Å². The summed E-state index contributed by atoms with van der Waals surface area (Å²) in [5.74, 6) is -3.32. The van der Waals surface area contributed by atoms with Gasteiger partial charge in [0.05, 0.1) is 22.7 Å². The molecule has 0 spiro atoms. The second-order valence-electron chi connectivity index (χ2n) is 3.47. The average Bonchev–Trinajstić information content (AvgIpc) is 2.36. The van der Waals surface area contributed by atoms with Crippen molar-refractivity contribution in [3.8, 4) is 6.07 Å². The Hall–Kier alpha value is -2.27. The molecule has 18 heavy (non-hydrogen) atoms. The van der Waals surface area contributed by atoms with E-state index >= 15 is 0 Å². The lowest BCUT2D eigenvalue weighted by atomic mass is 10.1. The van der Waals surface area contributed by atoms with E-state index in [2.05, 4.69) is 5.32 Å². The lowest BCUT2D eigenvalue weighted by Gasteiger charge is -2.15. The molecule has 0 saturated carbocycles. The molecule has 96 valence electrons. The molecule has 0 saturated heterocycles. The number of hydrogen-bond donors (Lipinski definition) is 2. The van der Waals surface area contributed by atoms with Crippen LogP contribution >= 0.6 is 0 Å². The number of nitro benzene ring substituents is 1. The molecule has 6 nitrogen and oxygen atoms in total. The molecule has 0 atom stereocenters. The van der Waals surface area contributed by atoms with Crippen LogP contribution in [0.2, 0.25) is 0 Å². The largest absolute Gasteiger partial charge is 0.390 e. The summed E-state index contributed by atoms with van der Waals surface area (Å²) in [5.41, 5.74) is -0.361. The highest BCUT2D eigenvalue weighted by Crippen LogP contribution is 2.22. The molecule has 0 aliphatic heterocycles. The molecule has 0 fully saturated rings. The number of anilines is 1. The van der Waals surface area contributed by atoms with Gasteiger partial charge in [0, 0.05) is 12.1 Å². The molecular formula is C10H9F2N3O3. The Labute approximate surface area is 101 Å². The van der Waals surface area contributed by atoms with E-state index in [1.165, 1.54) is 6.07 Å². The van der Waals surface area contributed by atoms with Crippen LogP contribution < -0.4 is 5.32 Å². The highest BCUT2D eigenvalue weighted by atomic mass is 19.3. The smallest absolute Gasteiger partial charge is 0.287 e. The maximum Gasteiger partial charge on any atom is 0.287 e. The molecule has 0 radical (unpaired) electrons. The third-order valence-corrected chi connectivity index (χ3v) is 2.10. The predicted molar refractivity (Wildman–Crippen MR) is 58.3 cm³/mol. The molecule has 2 N–H and O–H groups in total. The summed E-state index contributed by atoms with van der Waals surface area (Å²) in [5, 5.41) is 29.9. The Balaban J connectivity index is 2.91. The van der Waals surface area contributed by atoms with Gasteiger partial charge in [0.15, 0.2) is 0 Å². The monoisotopic (exact) mass is 257 g/mol. The number of rotatable bonds is 5. The number of non-ortho nitro benzene ring substituents is 1. The van der Waals surface area contributed by atoms with E-state index < -0.39 is 24.0 Å². The van der Waals surface area contributed by atoms with Gasteiger partial charge in [-0.15, -0.1) is 0 Å². The minimum absolute atomic E-state index is 0.0521. The second kappa shape index (κ2) is 5.37. The number of nitrogens with one attached hydrogen (secondary N) is 1. The first-order chi connectivity index (χ1) is 8.39. The van der Waals surface area contributed by atoms with Crippen molar-refractivity contribution in [2.24, 2.45) is 0 Å². The first-order valence-electron chi connectivity index (χ1n) is 4.81. The van der Waals surface area contributed by atoms with Crippen molar-refractivity contribution >= 4 is 11.4 Å². The summed E-state index contributed by atoms with van der Waals surface area (Å²) in [6.07, 6.45) is 0. The van der Waals surface area contributed by atoms with Crippen molar-refractivity contribution < 1.29 is 18.8 Å². The van der Waals surface area contributed by atoms with Gasteiger partial charge in [0.25, 0.3) is 11.6 Å². The molecule has 0 aliphatic rings. The van der Waals surface area contributed by atoms with Crippen LogP contribution in [0, 0.1) is 21.4 Å². The topological polar surface area (TPSA) is 99.2 Å². The zero-order valence-corrected chi connectivity index (χ0v) is 9.06. The quantitative estimate of drug-likeness (QED) is 0.615. The minimum Gasteiger partial charge on any atom is -0.390 e. The second-order valence-corrected chi connectivity index (χ2v) is 3.47. The van der Waals surface area contributed by atoms with Crippen LogP contribution in [-0.2, 0) is 0 Å². The lowest BCUT2D eigenvalue weighted by molar-refractivity contribution is -0.384. The molecule has 0 bridgehead atoms. The number of alkyl halides is 2. The molecule has 1 rings (SSSR count). The Morgan fingerprint density at radius 3 is 2.72 bits per heavy atom. The van der Waals surface area contributed by atoms with E-state index in [0.717, 1.165) is 12.1 Å². The van der Waals surface area contributed by atoms with Gasteiger partial charge in [-0.1, -0.05) is 0 Å². The molecule has 1 aromatic carbocycles. The van der Waals surface area contributed by atoms with Gasteiger partial charge in [-0.2, -0.15) is 5.26 Å².